The van der Waals surface area contributed by atoms with Gasteiger partial charge in [0.25, 0.3) is 0 Å². The molecule has 0 fully saturated rings. The lowest BCUT2D eigenvalue weighted by Crippen LogP contribution is -1.86. The van der Waals surface area contributed by atoms with Crippen molar-refractivity contribution in [1.29, 1.82) is 0 Å². The van der Waals surface area contributed by atoms with Gasteiger partial charge in [-0.1, -0.05) is 88.6 Å². The van der Waals surface area contributed by atoms with Gasteiger partial charge in [0, 0.05) is 33.4 Å². The van der Waals surface area contributed by atoms with Crippen molar-refractivity contribution in [2.45, 2.75) is 20.8 Å². The number of thiocarbonyl (C=S) groups is 3. The molecule has 0 atom stereocenters. The lowest BCUT2D eigenvalue weighted by Gasteiger charge is -1.98. The van der Waals surface area contributed by atoms with E-state index >= 15 is 0 Å². The smallest absolute Gasteiger partial charge is 0.153 e. The molecule has 0 saturated heterocycles. The van der Waals surface area contributed by atoms with E-state index in [-0.39, 0.29) is 16.7 Å². The van der Waals surface area contributed by atoms with Gasteiger partial charge in [0.1, 0.15) is 17.1 Å². The van der Waals surface area contributed by atoms with Crippen LogP contribution in [0.25, 0.3) is 0 Å². The van der Waals surface area contributed by atoms with E-state index in [1.54, 1.807) is 0 Å². The number of aryl methyl sites for hydroxylation is 3. The number of aliphatic imine (C=N–C) groups is 3. The van der Waals surface area contributed by atoms with Gasteiger partial charge >= 0.3 is 0 Å². The maximum atomic E-state index is 13.6. The maximum absolute atomic E-state index is 13.6. The normalized spacial score (nSPS) is 9.35. The van der Waals surface area contributed by atoms with Crippen molar-refractivity contribution in [3.63, 3.8) is 0 Å². The molecule has 0 N–H and O–H groups in total. The summed E-state index contributed by atoms with van der Waals surface area (Å²) in [5, 5.41) is 5.82. The van der Waals surface area contributed by atoms with E-state index in [4.69, 9.17) is 0 Å². The maximum Gasteiger partial charge on any atom is 0.153 e. The Morgan fingerprint density at radius 2 is 0.500 bits per heavy atom. The Labute approximate surface area is 359 Å². The molecule has 60 heavy (non-hydrogen) atoms. The molecule has 0 heterocycles. The van der Waals surface area contributed by atoms with Gasteiger partial charge in [-0.25, -0.2) is 26.3 Å². The molecular formula is C48H27F6N3S3. The minimum atomic E-state index is -0.810. The van der Waals surface area contributed by atoms with Gasteiger partial charge in [-0.3, -0.25) is 0 Å². The molecule has 6 rings (SSSR count). The van der Waals surface area contributed by atoms with Gasteiger partial charge in [0.15, 0.2) is 34.9 Å². The van der Waals surface area contributed by atoms with Gasteiger partial charge in [0.2, 0.25) is 0 Å². The molecule has 0 amide bonds. The van der Waals surface area contributed by atoms with E-state index in [2.05, 4.69) is 87.2 Å². The fourth-order valence-corrected chi connectivity index (χ4v) is 4.99. The summed E-state index contributed by atoms with van der Waals surface area (Å²) in [4.78, 5) is 10.0. The molecule has 6 aromatic carbocycles. The molecule has 0 bridgehead atoms. The first-order chi connectivity index (χ1) is 28.8. The van der Waals surface area contributed by atoms with Crippen LogP contribution in [0.4, 0.5) is 43.4 Å². The van der Waals surface area contributed by atoms with E-state index < -0.39 is 52.0 Å². The first kappa shape index (κ1) is 45.7. The quantitative estimate of drug-likeness (QED) is 0.0770. The van der Waals surface area contributed by atoms with Crippen LogP contribution >= 0.6 is 36.7 Å². The average Bonchev–Trinajstić information content (AvgIpc) is 3.22. The third-order valence-electron chi connectivity index (χ3n) is 7.73. The van der Waals surface area contributed by atoms with Crippen molar-refractivity contribution < 1.29 is 26.3 Å². The molecule has 0 aliphatic rings. The first-order valence-corrected chi connectivity index (χ1v) is 18.5. The highest BCUT2D eigenvalue weighted by Gasteiger charge is 2.11. The van der Waals surface area contributed by atoms with Crippen LogP contribution in [0.3, 0.4) is 0 Å². The molecule has 6 aromatic rings. The molecule has 0 aliphatic heterocycles. The fraction of sp³-hybridized carbons (Fsp3) is 0.0625. The summed E-state index contributed by atoms with van der Waals surface area (Å²) < 4.78 is 81.5. The van der Waals surface area contributed by atoms with Crippen molar-refractivity contribution in [2.75, 3.05) is 0 Å². The van der Waals surface area contributed by atoms with Crippen molar-refractivity contribution >= 4 is 69.2 Å². The zero-order valence-electron chi connectivity index (χ0n) is 31.7. The molecule has 294 valence electrons. The predicted octanol–water partition coefficient (Wildman–Crippen LogP) is 13.2. The van der Waals surface area contributed by atoms with Crippen LogP contribution in [0.2, 0.25) is 0 Å². The van der Waals surface area contributed by atoms with E-state index in [0.717, 1.165) is 69.8 Å². The number of hydrogen-bond acceptors (Lipinski definition) is 6. The van der Waals surface area contributed by atoms with Gasteiger partial charge in [-0.15, -0.1) is 0 Å². The molecule has 0 aliphatic carbocycles. The number of hydrogen-bond donors (Lipinski definition) is 0. The van der Waals surface area contributed by atoms with Crippen LogP contribution in [0, 0.1) is 91.2 Å². The summed E-state index contributed by atoms with van der Waals surface area (Å²) in [6.45, 7) is 5.91. The lowest BCUT2D eigenvalue weighted by atomic mass is 10.1. The van der Waals surface area contributed by atoms with Crippen LogP contribution in [0.1, 0.15) is 50.1 Å². The summed E-state index contributed by atoms with van der Waals surface area (Å²) in [6, 6.07) is 29.3. The van der Waals surface area contributed by atoms with Gasteiger partial charge in [-0.05, 0) is 130 Å². The molecule has 0 unspecified atom stereocenters. The lowest BCUT2D eigenvalue weighted by molar-refractivity contribution is 0.586. The molecule has 0 aromatic heterocycles. The second-order valence-electron chi connectivity index (χ2n) is 12.3. The van der Waals surface area contributed by atoms with Gasteiger partial charge in [-0.2, -0.15) is 15.0 Å². The van der Waals surface area contributed by atoms with Crippen LogP contribution in [0.5, 0.6) is 0 Å². The van der Waals surface area contributed by atoms with Gasteiger partial charge in [0.05, 0.1) is 15.5 Å². The van der Waals surface area contributed by atoms with Crippen LogP contribution in [0.15, 0.2) is 124 Å². The Balaban J connectivity index is 0.000000198. The van der Waals surface area contributed by atoms with Crippen LogP contribution in [-0.4, -0.2) is 15.5 Å². The SMILES string of the molecule is Cc1ccc(C#Cc2cc(F)c(N=C=S)c(F)c2)cc1.Cc1ccc(C#Cc2cc(F)c(N=C=S)c(F)c2)cc1.Cc1ccc(C#Cc2cc(F)c(N=C=S)c(F)c2)cc1. The molecule has 0 radical (unpaired) electrons. The van der Waals surface area contributed by atoms with Crippen molar-refractivity contribution in [1.82, 2.24) is 0 Å². The molecule has 0 saturated carbocycles. The Morgan fingerprint density at radius 3 is 0.683 bits per heavy atom. The highest BCUT2D eigenvalue weighted by molar-refractivity contribution is 7.78. The molecular weight excluding hydrogens is 829 g/mol. The number of isothiocyanates is 3. The number of benzene rings is 6. The van der Waals surface area contributed by atoms with Crippen molar-refractivity contribution in [3.8, 4) is 35.5 Å². The summed E-state index contributed by atoms with van der Waals surface area (Å²) in [6.07, 6.45) is 0. The summed E-state index contributed by atoms with van der Waals surface area (Å²) in [7, 11) is 0. The molecule has 3 nitrogen and oxygen atoms in total. The second-order valence-corrected chi connectivity index (χ2v) is 12.9. The van der Waals surface area contributed by atoms with E-state index in [1.807, 2.05) is 109 Å². The highest BCUT2D eigenvalue weighted by atomic mass is 32.1. The Bertz CT molecular complexity index is 2490. The molecule has 0 spiro atoms. The average molecular weight is 856 g/mol. The number of halogens is 6. The minimum absolute atomic E-state index is 0.240. The fourth-order valence-electron chi connectivity index (χ4n) is 4.71. The second kappa shape index (κ2) is 22.8. The monoisotopic (exact) mass is 855 g/mol. The summed E-state index contributed by atoms with van der Waals surface area (Å²) in [5.74, 6) is 11.8. The Morgan fingerprint density at radius 1 is 0.317 bits per heavy atom. The van der Waals surface area contributed by atoms with E-state index in [9.17, 15) is 26.3 Å². The van der Waals surface area contributed by atoms with Crippen LogP contribution in [-0.2, 0) is 0 Å². The van der Waals surface area contributed by atoms with E-state index in [1.165, 1.54) is 0 Å². The topological polar surface area (TPSA) is 37.1 Å². The Kier molecular flexibility index (Phi) is 17.4. The van der Waals surface area contributed by atoms with E-state index in [0.29, 0.717) is 0 Å². The summed E-state index contributed by atoms with van der Waals surface area (Å²) >= 11 is 13.0. The molecule has 12 heteroatoms. The van der Waals surface area contributed by atoms with Crippen LogP contribution < -0.4 is 0 Å². The third kappa shape index (κ3) is 14.1. The largest absolute Gasteiger partial charge is 0.204 e. The van der Waals surface area contributed by atoms with Crippen molar-refractivity contribution in [2.24, 2.45) is 15.0 Å². The number of nitrogens with zero attached hydrogens (tertiary/aromatic N) is 3. The zero-order chi connectivity index (χ0) is 43.6. The van der Waals surface area contributed by atoms with Gasteiger partial charge < -0.3 is 0 Å². The summed E-state index contributed by atoms with van der Waals surface area (Å²) in [5.41, 5.74) is 5.08. The number of rotatable bonds is 3. The Hall–Kier alpha value is -7.02. The minimum Gasteiger partial charge on any atom is -0.204 e. The first-order valence-electron chi connectivity index (χ1n) is 17.3. The highest BCUT2D eigenvalue weighted by Crippen LogP contribution is 2.25. The zero-order valence-corrected chi connectivity index (χ0v) is 34.2. The van der Waals surface area contributed by atoms with Crippen molar-refractivity contribution in [3.05, 3.63) is 194 Å². The standard InChI is InChI=1S/3C16H9F2NS/c3*1-11-2-4-12(5-3-11)6-7-13-8-14(17)16(19-10-20)15(18)9-13/h3*2-5,8-9H,1H3. The third-order valence-corrected chi connectivity index (χ3v) is 8.01. The predicted molar refractivity (Wildman–Crippen MR) is 235 cm³/mol.